The Morgan fingerprint density at radius 1 is 1.21 bits per heavy atom. The number of carbonyl (C=O) groups excluding carboxylic acids is 1. The molecule has 0 radical (unpaired) electrons. The van der Waals surface area contributed by atoms with Crippen LogP contribution in [0.15, 0.2) is 59.5 Å². The summed E-state index contributed by atoms with van der Waals surface area (Å²) in [5.74, 6) is -0.366. The zero-order chi connectivity index (χ0) is 20.4. The topological polar surface area (TPSA) is 103 Å². The maximum atomic E-state index is 12.4. The Morgan fingerprint density at radius 2 is 2.00 bits per heavy atom. The third kappa shape index (κ3) is 3.78. The van der Waals surface area contributed by atoms with Crippen LogP contribution in [0.3, 0.4) is 0 Å². The van der Waals surface area contributed by atoms with Crippen LogP contribution in [0.25, 0.3) is 27.7 Å². The van der Waals surface area contributed by atoms with Gasteiger partial charge in [-0.3, -0.25) is 4.79 Å². The highest BCUT2D eigenvalue weighted by atomic mass is 35.5. The number of nitrogens with zero attached hydrogens (tertiary/aromatic N) is 4. The van der Waals surface area contributed by atoms with E-state index in [1.807, 2.05) is 30.3 Å². The van der Waals surface area contributed by atoms with Crippen molar-refractivity contribution in [2.45, 2.75) is 0 Å². The fourth-order valence-electron chi connectivity index (χ4n) is 2.75. The Balaban J connectivity index is 1.71. The van der Waals surface area contributed by atoms with E-state index in [-0.39, 0.29) is 22.0 Å². The molecule has 0 amide bonds. The molecular formula is C20H14ClN5O3. The average Bonchev–Trinajstić information content (AvgIpc) is 3.21. The van der Waals surface area contributed by atoms with Gasteiger partial charge in [0.15, 0.2) is 5.82 Å². The van der Waals surface area contributed by atoms with Gasteiger partial charge in [-0.1, -0.05) is 35.0 Å². The molecule has 144 valence electrons. The molecule has 0 saturated carbocycles. The van der Waals surface area contributed by atoms with E-state index in [4.69, 9.17) is 16.3 Å². The van der Waals surface area contributed by atoms with Gasteiger partial charge in [0.05, 0.1) is 40.5 Å². The standard InChI is InChI=1S/C20H14ClN5O3/c1-29-20(28)12-7-8-15-17(9-12)22-18(23-19(15)27)16(21)10-13-11-26(25-24-13)14-5-3-2-4-6-14/h2-11H,1H3,(H,22,23,27)/b16-10-. The van der Waals surface area contributed by atoms with E-state index in [2.05, 4.69) is 20.3 Å². The van der Waals surface area contributed by atoms with Gasteiger partial charge in [0.1, 0.15) is 5.69 Å². The van der Waals surface area contributed by atoms with Crippen LogP contribution in [0.4, 0.5) is 0 Å². The second-order valence-corrected chi connectivity index (χ2v) is 6.46. The van der Waals surface area contributed by atoms with Crippen molar-refractivity contribution >= 4 is 39.6 Å². The lowest BCUT2D eigenvalue weighted by Gasteiger charge is -2.04. The predicted octanol–water partition coefficient (Wildman–Crippen LogP) is 3.03. The van der Waals surface area contributed by atoms with E-state index in [9.17, 15) is 9.59 Å². The zero-order valence-electron chi connectivity index (χ0n) is 15.2. The van der Waals surface area contributed by atoms with Crippen molar-refractivity contribution in [3.63, 3.8) is 0 Å². The van der Waals surface area contributed by atoms with Crippen LogP contribution >= 0.6 is 11.6 Å². The van der Waals surface area contributed by atoms with Crippen molar-refractivity contribution in [1.82, 2.24) is 25.0 Å². The highest BCUT2D eigenvalue weighted by Crippen LogP contribution is 2.20. The van der Waals surface area contributed by atoms with Gasteiger partial charge in [0.2, 0.25) is 0 Å². The molecule has 0 fully saturated rings. The van der Waals surface area contributed by atoms with Crippen molar-refractivity contribution in [1.29, 1.82) is 0 Å². The average molecular weight is 408 g/mol. The molecule has 8 nitrogen and oxygen atoms in total. The second kappa shape index (κ2) is 7.69. The number of ether oxygens (including phenoxy) is 1. The summed E-state index contributed by atoms with van der Waals surface area (Å²) in [5.41, 5.74) is 1.58. The summed E-state index contributed by atoms with van der Waals surface area (Å²) in [7, 11) is 1.28. The number of methoxy groups -OCH3 is 1. The van der Waals surface area contributed by atoms with Gasteiger partial charge in [-0.15, -0.1) is 5.10 Å². The van der Waals surface area contributed by atoms with Gasteiger partial charge in [0.25, 0.3) is 5.56 Å². The smallest absolute Gasteiger partial charge is 0.337 e. The third-order valence-electron chi connectivity index (χ3n) is 4.16. The van der Waals surface area contributed by atoms with Gasteiger partial charge in [-0.05, 0) is 36.4 Å². The molecule has 1 N–H and O–H groups in total. The van der Waals surface area contributed by atoms with E-state index < -0.39 is 5.97 Å². The molecule has 4 aromatic rings. The van der Waals surface area contributed by atoms with E-state index >= 15 is 0 Å². The first-order chi connectivity index (χ1) is 14.0. The Bertz CT molecular complexity index is 1290. The van der Waals surface area contributed by atoms with Crippen LogP contribution in [0.1, 0.15) is 21.9 Å². The van der Waals surface area contributed by atoms with Crippen molar-refractivity contribution in [3.05, 3.63) is 82.2 Å². The minimum absolute atomic E-state index is 0.153. The molecule has 0 bridgehead atoms. The molecule has 2 aromatic carbocycles. The summed E-state index contributed by atoms with van der Waals surface area (Å²) in [5, 5.41) is 8.63. The molecule has 4 rings (SSSR count). The summed E-state index contributed by atoms with van der Waals surface area (Å²) in [6.45, 7) is 0. The summed E-state index contributed by atoms with van der Waals surface area (Å²) in [4.78, 5) is 31.1. The normalized spacial score (nSPS) is 11.6. The Labute approximate surface area is 169 Å². The zero-order valence-corrected chi connectivity index (χ0v) is 15.9. The number of fused-ring (bicyclic) bond motifs is 1. The number of halogens is 1. The monoisotopic (exact) mass is 407 g/mol. The van der Waals surface area contributed by atoms with E-state index in [1.54, 1.807) is 17.0 Å². The van der Waals surface area contributed by atoms with Gasteiger partial charge in [-0.2, -0.15) is 0 Å². The van der Waals surface area contributed by atoms with E-state index in [0.29, 0.717) is 16.6 Å². The minimum atomic E-state index is -0.519. The van der Waals surface area contributed by atoms with Crippen LogP contribution in [0.2, 0.25) is 0 Å². The number of hydrogen-bond donors (Lipinski definition) is 1. The Morgan fingerprint density at radius 3 is 2.76 bits per heavy atom. The van der Waals surface area contributed by atoms with Gasteiger partial charge >= 0.3 is 5.97 Å². The summed E-state index contributed by atoms with van der Waals surface area (Å²) >= 11 is 6.36. The molecule has 2 heterocycles. The third-order valence-corrected chi connectivity index (χ3v) is 4.45. The lowest BCUT2D eigenvalue weighted by Crippen LogP contribution is -2.11. The quantitative estimate of drug-likeness (QED) is 0.521. The maximum absolute atomic E-state index is 12.4. The van der Waals surface area contributed by atoms with Crippen molar-refractivity contribution in [3.8, 4) is 5.69 Å². The Kier molecular flexibility index (Phi) is 4.92. The van der Waals surface area contributed by atoms with Gasteiger partial charge in [-0.25, -0.2) is 14.5 Å². The first-order valence-electron chi connectivity index (χ1n) is 8.53. The van der Waals surface area contributed by atoms with Crippen LogP contribution in [0, 0.1) is 0 Å². The molecular weight excluding hydrogens is 394 g/mol. The number of rotatable bonds is 4. The lowest BCUT2D eigenvalue weighted by atomic mass is 10.1. The molecule has 0 unspecified atom stereocenters. The number of aromatic nitrogens is 5. The molecule has 29 heavy (non-hydrogen) atoms. The molecule has 9 heteroatoms. The number of aromatic amines is 1. The highest BCUT2D eigenvalue weighted by Gasteiger charge is 2.12. The van der Waals surface area contributed by atoms with E-state index in [1.165, 1.54) is 25.3 Å². The molecule has 0 saturated heterocycles. The van der Waals surface area contributed by atoms with Gasteiger partial charge in [0, 0.05) is 0 Å². The molecule has 0 aliphatic carbocycles. The van der Waals surface area contributed by atoms with E-state index in [0.717, 1.165) is 5.69 Å². The molecule has 0 spiro atoms. The van der Waals surface area contributed by atoms with Crippen LogP contribution < -0.4 is 5.56 Å². The molecule has 0 aliphatic rings. The van der Waals surface area contributed by atoms with Crippen molar-refractivity contribution in [2.24, 2.45) is 0 Å². The summed E-state index contributed by atoms with van der Waals surface area (Å²) < 4.78 is 6.31. The lowest BCUT2D eigenvalue weighted by molar-refractivity contribution is 0.0601. The fourth-order valence-corrected chi connectivity index (χ4v) is 2.95. The summed E-state index contributed by atoms with van der Waals surface area (Å²) in [6, 6.07) is 14.0. The van der Waals surface area contributed by atoms with Crippen LogP contribution in [-0.4, -0.2) is 38.0 Å². The molecule has 0 aliphatic heterocycles. The maximum Gasteiger partial charge on any atom is 0.337 e. The van der Waals surface area contributed by atoms with Crippen LogP contribution in [0.5, 0.6) is 0 Å². The van der Waals surface area contributed by atoms with Crippen molar-refractivity contribution < 1.29 is 9.53 Å². The SMILES string of the molecule is COC(=O)c1ccc2c(=O)[nH]c(/C(Cl)=C/c3cn(-c4ccccc4)nn3)nc2c1. The minimum Gasteiger partial charge on any atom is -0.465 e. The Hall–Kier alpha value is -3.78. The van der Waals surface area contributed by atoms with Gasteiger partial charge < -0.3 is 9.72 Å². The second-order valence-electron chi connectivity index (χ2n) is 6.05. The predicted molar refractivity (Wildman–Crippen MR) is 109 cm³/mol. The fraction of sp³-hybridized carbons (Fsp3) is 0.0500. The first kappa shape index (κ1) is 18.6. The summed E-state index contributed by atoms with van der Waals surface area (Å²) in [6.07, 6.45) is 3.24. The highest BCUT2D eigenvalue weighted by molar-refractivity contribution is 6.50. The number of H-pyrrole nitrogens is 1. The molecule has 0 atom stereocenters. The number of esters is 1. The largest absolute Gasteiger partial charge is 0.465 e. The van der Waals surface area contributed by atoms with Crippen LogP contribution in [-0.2, 0) is 4.74 Å². The number of carbonyl (C=O) groups is 1. The first-order valence-corrected chi connectivity index (χ1v) is 8.90. The number of para-hydroxylation sites is 1. The van der Waals surface area contributed by atoms with Crippen molar-refractivity contribution in [2.75, 3.05) is 7.11 Å². The number of nitrogens with one attached hydrogen (secondary N) is 1. The molecule has 2 aromatic heterocycles. The number of hydrogen-bond acceptors (Lipinski definition) is 6. The number of benzene rings is 2.